The minimum Gasteiger partial charge on any atom is -0.355 e. The highest BCUT2D eigenvalue weighted by molar-refractivity contribution is 7.99. The second-order valence-electron chi connectivity index (χ2n) is 7.38. The fourth-order valence-electron chi connectivity index (χ4n) is 3.42. The molecule has 0 bridgehead atoms. The Kier molecular flexibility index (Phi) is 5.53. The van der Waals surface area contributed by atoms with Crippen molar-refractivity contribution in [3.8, 4) is 0 Å². The van der Waals surface area contributed by atoms with Crippen LogP contribution < -0.4 is 5.32 Å². The Balaban J connectivity index is 1.69. The number of benzene rings is 2. The predicted octanol–water partition coefficient (Wildman–Crippen LogP) is 5.29. The number of thioether (sulfide) groups is 1. The van der Waals surface area contributed by atoms with Crippen molar-refractivity contribution < 1.29 is 4.79 Å². The van der Waals surface area contributed by atoms with Crippen LogP contribution in [-0.2, 0) is 0 Å². The number of amides is 1. The van der Waals surface area contributed by atoms with Gasteiger partial charge in [0.15, 0.2) is 0 Å². The summed E-state index contributed by atoms with van der Waals surface area (Å²) in [7, 11) is 0. The molecule has 1 aromatic heterocycles. The number of nitrogens with zero attached hydrogens (tertiary/aromatic N) is 2. The van der Waals surface area contributed by atoms with Crippen molar-refractivity contribution >= 4 is 39.9 Å². The summed E-state index contributed by atoms with van der Waals surface area (Å²) in [4.78, 5) is 19.6. The molecule has 1 aliphatic heterocycles. The molecule has 0 aliphatic carbocycles. The molecule has 0 atom stereocenters. The standard InChI is InChI=1S/C23H25N3OS/c1-16(2)17-7-9-18(10-8-17)24-21-15-22(23(27)26-11-13-28-14-12-26)25-20-6-4-3-5-19(20)21/h3-10,15-16H,11-14H2,1-2H3,(H,24,25). The van der Waals surface area contributed by atoms with Crippen LogP contribution in [-0.4, -0.2) is 40.4 Å². The first kappa shape index (κ1) is 18.8. The van der Waals surface area contributed by atoms with Crippen LogP contribution >= 0.6 is 11.8 Å². The number of carbonyl (C=O) groups excluding carboxylic acids is 1. The second kappa shape index (κ2) is 8.23. The second-order valence-corrected chi connectivity index (χ2v) is 8.60. The molecule has 4 rings (SSSR count). The fourth-order valence-corrected chi connectivity index (χ4v) is 4.33. The van der Waals surface area contributed by atoms with E-state index in [1.807, 2.05) is 47.0 Å². The first-order valence-electron chi connectivity index (χ1n) is 9.75. The number of carbonyl (C=O) groups is 1. The van der Waals surface area contributed by atoms with Crippen molar-refractivity contribution in [1.29, 1.82) is 0 Å². The van der Waals surface area contributed by atoms with Crippen molar-refractivity contribution in [2.75, 3.05) is 29.9 Å². The van der Waals surface area contributed by atoms with E-state index < -0.39 is 0 Å². The van der Waals surface area contributed by atoms with E-state index in [4.69, 9.17) is 0 Å². The largest absolute Gasteiger partial charge is 0.355 e. The number of fused-ring (bicyclic) bond motifs is 1. The van der Waals surface area contributed by atoms with Gasteiger partial charge in [-0.1, -0.05) is 44.2 Å². The predicted molar refractivity (Wildman–Crippen MR) is 119 cm³/mol. The monoisotopic (exact) mass is 391 g/mol. The number of para-hydroxylation sites is 1. The van der Waals surface area contributed by atoms with Gasteiger partial charge in [0.2, 0.25) is 0 Å². The number of aromatic nitrogens is 1. The van der Waals surface area contributed by atoms with Crippen LogP contribution in [0.5, 0.6) is 0 Å². The molecule has 28 heavy (non-hydrogen) atoms. The molecular formula is C23H25N3OS. The van der Waals surface area contributed by atoms with E-state index in [2.05, 4.69) is 48.4 Å². The SMILES string of the molecule is CC(C)c1ccc(Nc2cc(C(=O)N3CCSCC3)nc3ccccc23)cc1. The van der Waals surface area contributed by atoms with Gasteiger partial charge < -0.3 is 10.2 Å². The molecule has 5 heteroatoms. The quantitative estimate of drug-likeness (QED) is 0.656. The summed E-state index contributed by atoms with van der Waals surface area (Å²) in [6.07, 6.45) is 0. The van der Waals surface area contributed by atoms with Crippen LogP contribution in [0.25, 0.3) is 10.9 Å². The lowest BCUT2D eigenvalue weighted by Crippen LogP contribution is -2.38. The first-order valence-corrected chi connectivity index (χ1v) is 10.9. The molecule has 0 spiro atoms. The van der Waals surface area contributed by atoms with E-state index in [1.165, 1.54) is 5.56 Å². The van der Waals surface area contributed by atoms with E-state index in [0.717, 1.165) is 46.9 Å². The van der Waals surface area contributed by atoms with Gasteiger partial charge in [-0.25, -0.2) is 4.98 Å². The topological polar surface area (TPSA) is 45.2 Å². The lowest BCUT2D eigenvalue weighted by atomic mass is 10.0. The van der Waals surface area contributed by atoms with Gasteiger partial charge in [0.05, 0.1) is 11.2 Å². The molecule has 1 aliphatic rings. The number of pyridine rings is 1. The Bertz CT molecular complexity index is 979. The Morgan fingerprint density at radius 1 is 1.07 bits per heavy atom. The lowest BCUT2D eigenvalue weighted by molar-refractivity contribution is 0.0767. The average molecular weight is 392 g/mol. The lowest BCUT2D eigenvalue weighted by Gasteiger charge is -2.26. The minimum absolute atomic E-state index is 0.0178. The molecule has 144 valence electrons. The van der Waals surface area contributed by atoms with Gasteiger partial charge in [0.25, 0.3) is 5.91 Å². The number of hydrogen-bond acceptors (Lipinski definition) is 4. The summed E-state index contributed by atoms with van der Waals surface area (Å²) >= 11 is 1.90. The van der Waals surface area contributed by atoms with Crippen molar-refractivity contribution in [3.63, 3.8) is 0 Å². The third kappa shape index (κ3) is 3.99. The summed E-state index contributed by atoms with van der Waals surface area (Å²) < 4.78 is 0. The maximum Gasteiger partial charge on any atom is 0.272 e. The van der Waals surface area contributed by atoms with Crippen molar-refractivity contribution in [1.82, 2.24) is 9.88 Å². The van der Waals surface area contributed by atoms with Crippen LogP contribution in [0.4, 0.5) is 11.4 Å². The maximum atomic E-state index is 13.0. The minimum atomic E-state index is 0.0178. The average Bonchev–Trinajstić information content (AvgIpc) is 2.74. The Morgan fingerprint density at radius 3 is 2.50 bits per heavy atom. The molecule has 3 aromatic rings. The van der Waals surface area contributed by atoms with E-state index in [0.29, 0.717) is 11.6 Å². The third-order valence-electron chi connectivity index (χ3n) is 5.09. The molecule has 4 nitrogen and oxygen atoms in total. The Hall–Kier alpha value is -2.53. The molecule has 1 saturated heterocycles. The molecular weight excluding hydrogens is 366 g/mol. The van der Waals surface area contributed by atoms with Crippen LogP contribution in [0.3, 0.4) is 0 Å². The molecule has 2 heterocycles. The number of nitrogens with one attached hydrogen (secondary N) is 1. The van der Waals surface area contributed by atoms with E-state index in [1.54, 1.807) is 0 Å². The normalized spacial score (nSPS) is 14.5. The summed E-state index contributed by atoms with van der Waals surface area (Å²) in [6.45, 7) is 5.96. The van der Waals surface area contributed by atoms with Crippen LogP contribution in [0.2, 0.25) is 0 Å². The van der Waals surface area contributed by atoms with Gasteiger partial charge in [0, 0.05) is 35.7 Å². The maximum absolute atomic E-state index is 13.0. The zero-order valence-electron chi connectivity index (χ0n) is 16.3. The third-order valence-corrected chi connectivity index (χ3v) is 6.03. The summed E-state index contributed by atoms with van der Waals surface area (Å²) in [5, 5.41) is 4.51. The van der Waals surface area contributed by atoms with Crippen LogP contribution in [0.1, 0.15) is 35.8 Å². The fraction of sp³-hybridized carbons (Fsp3) is 0.304. The number of anilines is 2. The van der Waals surface area contributed by atoms with Crippen molar-refractivity contribution in [2.24, 2.45) is 0 Å². The van der Waals surface area contributed by atoms with Gasteiger partial charge in [-0.05, 0) is 35.7 Å². The summed E-state index contributed by atoms with van der Waals surface area (Å²) in [5.74, 6) is 2.51. The number of rotatable bonds is 4. The molecule has 0 unspecified atom stereocenters. The highest BCUT2D eigenvalue weighted by atomic mass is 32.2. The molecule has 0 saturated carbocycles. The summed E-state index contributed by atoms with van der Waals surface area (Å²) in [5.41, 5.74) is 4.57. The van der Waals surface area contributed by atoms with E-state index >= 15 is 0 Å². The van der Waals surface area contributed by atoms with Crippen LogP contribution in [0.15, 0.2) is 54.6 Å². The molecule has 2 aromatic carbocycles. The molecule has 0 radical (unpaired) electrons. The Morgan fingerprint density at radius 2 is 1.79 bits per heavy atom. The van der Waals surface area contributed by atoms with Gasteiger partial charge in [-0.2, -0.15) is 11.8 Å². The van der Waals surface area contributed by atoms with E-state index in [-0.39, 0.29) is 5.91 Å². The van der Waals surface area contributed by atoms with Crippen LogP contribution in [0, 0.1) is 0 Å². The van der Waals surface area contributed by atoms with Gasteiger partial charge >= 0.3 is 0 Å². The highest BCUT2D eigenvalue weighted by Crippen LogP contribution is 2.28. The van der Waals surface area contributed by atoms with Crippen molar-refractivity contribution in [2.45, 2.75) is 19.8 Å². The number of hydrogen-bond donors (Lipinski definition) is 1. The molecule has 1 amide bonds. The summed E-state index contributed by atoms with van der Waals surface area (Å²) in [6, 6.07) is 18.3. The zero-order chi connectivity index (χ0) is 19.5. The smallest absolute Gasteiger partial charge is 0.272 e. The first-order chi connectivity index (χ1) is 13.6. The van der Waals surface area contributed by atoms with Gasteiger partial charge in [-0.15, -0.1) is 0 Å². The van der Waals surface area contributed by atoms with E-state index in [9.17, 15) is 4.79 Å². The van der Waals surface area contributed by atoms with Crippen molar-refractivity contribution in [3.05, 3.63) is 65.9 Å². The molecule has 1 N–H and O–H groups in total. The Labute approximate surface area is 170 Å². The molecule has 1 fully saturated rings. The van der Waals surface area contributed by atoms with Gasteiger partial charge in [0.1, 0.15) is 5.69 Å². The highest BCUT2D eigenvalue weighted by Gasteiger charge is 2.21. The zero-order valence-corrected chi connectivity index (χ0v) is 17.1. The van der Waals surface area contributed by atoms with Gasteiger partial charge in [-0.3, -0.25) is 4.79 Å².